The summed E-state index contributed by atoms with van der Waals surface area (Å²) in [5, 5.41) is 9.63. The topological polar surface area (TPSA) is 89.6 Å². The molecular weight excluding hydrogens is 380 g/mol. The molecule has 3 aliphatic rings. The Bertz CT molecular complexity index is 746. The Labute approximate surface area is 178 Å². The lowest BCUT2D eigenvalue weighted by Crippen LogP contribution is -2.61. The van der Waals surface area contributed by atoms with Crippen molar-refractivity contribution in [3.05, 3.63) is 24.0 Å². The SMILES string of the molecule is CCC1CC2CNC(CN3CCN(c4ccc(C(=O)NC)nc4)CC3)CC2NC1=O. The highest BCUT2D eigenvalue weighted by Crippen LogP contribution is 2.29. The second-order valence-corrected chi connectivity index (χ2v) is 8.83. The highest BCUT2D eigenvalue weighted by Gasteiger charge is 2.39. The molecule has 8 nitrogen and oxygen atoms in total. The van der Waals surface area contributed by atoms with Gasteiger partial charge in [0.15, 0.2) is 0 Å². The first-order valence-corrected chi connectivity index (χ1v) is 11.3. The minimum atomic E-state index is -0.159. The van der Waals surface area contributed by atoms with Gasteiger partial charge in [-0.1, -0.05) is 6.92 Å². The number of hydrogen-bond acceptors (Lipinski definition) is 6. The Hall–Kier alpha value is -2.19. The van der Waals surface area contributed by atoms with E-state index in [4.69, 9.17) is 0 Å². The molecule has 8 heteroatoms. The van der Waals surface area contributed by atoms with Crippen LogP contribution in [0.1, 0.15) is 36.7 Å². The zero-order valence-corrected chi connectivity index (χ0v) is 18.1. The number of carbonyl (C=O) groups is 2. The molecule has 0 saturated carbocycles. The van der Waals surface area contributed by atoms with Gasteiger partial charge in [0, 0.05) is 64.3 Å². The number of nitrogens with one attached hydrogen (secondary N) is 3. The van der Waals surface area contributed by atoms with Gasteiger partial charge in [-0.25, -0.2) is 4.98 Å². The van der Waals surface area contributed by atoms with Gasteiger partial charge in [-0.15, -0.1) is 0 Å². The number of pyridine rings is 1. The zero-order chi connectivity index (χ0) is 21.1. The fourth-order valence-corrected chi connectivity index (χ4v) is 5.07. The van der Waals surface area contributed by atoms with Crippen LogP contribution in [0.2, 0.25) is 0 Å². The van der Waals surface area contributed by atoms with Gasteiger partial charge in [-0.2, -0.15) is 0 Å². The quantitative estimate of drug-likeness (QED) is 0.649. The molecule has 3 fully saturated rings. The van der Waals surface area contributed by atoms with Crippen molar-refractivity contribution in [2.75, 3.05) is 51.2 Å². The van der Waals surface area contributed by atoms with Crippen molar-refractivity contribution in [2.24, 2.45) is 11.8 Å². The third-order valence-corrected chi connectivity index (χ3v) is 6.98. The molecule has 3 N–H and O–H groups in total. The molecule has 4 atom stereocenters. The minimum absolute atomic E-state index is 0.159. The summed E-state index contributed by atoms with van der Waals surface area (Å²) >= 11 is 0. The molecule has 0 aliphatic carbocycles. The van der Waals surface area contributed by atoms with Crippen LogP contribution >= 0.6 is 0 Å². The molecule has 4 heterocycles. The number of piperidine rings is 2. The zero-order valence-electron chi connectivity index (χ0n) is 18.1. The summed E-state index contributed by atoms with van der Waals surface area (Å²) in [5.74, 6) is 0.862. The number of piperazine rings is 1. The second-order valence-electron chi connectivity index (χ2n) is 8.83. The van der Waals surface area contributed by atoms with Gasteiger partial charge >= 0.3 is 0 Å². The van der Waals surface area contributed by atoms with Crippen molar-refractivity contribution in [2.45, 2.75) is 38.3 Å². The molecule has 0 radical (unpaired) electrons. The molecule has 3 saturated heterocycles. The first-order valence-electron chi connectivity index (χ1n) is 11.3. The maximum Gasteiger partial charge on any atom is 0.269 e. The van der Waals surface area contributed by atoms with Crippen LogP contribution in [0, 0.1) is 11.8 Å². The predicted octanol–water partition coefficient (Wildman–Crippen LogP) is 0.456. The van der Waals surface area contributed by atoms with E-state index in [2.05, 4.69) is 37.7 Å². The van der Waals surface area contributed by atoms with Gasteiger partial charge in [-0.05, 0) is 37.3 Å². The second kappa shape index (κ2) is 9.31. The number of carbonyl (C=O) groups excluding carboxylic acids is 2. The van der Waals surface area contributed by atoms with Crippen LogP contribution in [-0.2, 0) is 4.79 Å². The number of fused-ring (bicyclic) bond motifs is 1. The lowest BCUT2D eigenvalue weighted by atomic mass is 9.78. The summed E-state index contributed by atoms with van der Waals surface area (Å²) < 4.78 is 0. The van der Waals surface area contributed by atoms with E-state index in [-0.39, 0.29) is 17.7 Å². The Morgan fingerprint density at radius 1 is 1.23 bits per heavy atom. The van der Waals surface area contributed by atoms with Crippen LogP contribution < -0.4 is 20.9 Å². The molecule has 1 aromatic heterocycles. The van der Waals surface area contributed by atoms with Crippen LogP contribution in [0.25, 0.3) is 0 Å². The number of nitrogens with zero attached hydrogens (tertiary/aromatic N) is 3. The monoisotopic (exact) mass is 414 g/mol. The molecule has 2 amide bonds. The largest absolute Gasteiger partial charge is 0.368 e. The highest BCUT2D eigenvalue weighted by molar-refractivity contribution is 5.92. The molecule has 30 heavy (non-hydrogen) atoms. The molecule has 0 bridgehead atoms. The van der Waals surface area contributed by atoms with Gasteiger partial charge in [0.25, 0.3) is 5.91 Å². The molecule has 0 spiro atoms. The first-order chi connectivity index (χ1) is 14.6. The maximum atomic E-state index is 12.2. The normalized spacial score (nSPS) is 29.8. The van der Waals surface area contributed by atoms with Crippen molar-refractivity contribution >= 4 is 17.5 Å². The number of rotatable bonds is 5. The van der Waals surface area contributed by atoms with Gasteiger partial charge in [0.2, 0.25) is 5.91 Å². The average molecular weight is 415 g/mol. The molecular formula is C22H34N6O2. The van der Waals surface area contributed by atoms with Crippen molar-refractivity contribution in [1.29, 1.82) is 0 Å². The Morgan fingerprint density at radius 3 is 2.70 bits per heavy atom. The fourth-order valence-electron chi connectivity index (χ4n) is 5.07. The van der Waals surface area contributed by atoms with Crippen molar-refractivity contribution in [3.8, 4) is 0 Å². The van der Waals surface area contributed by atoms with E-state index in [0.717, 1.165) is 64.2 Å². The molecule has 4 rings (SSSR count). The van der Waals surface area contributed by atoms with E-state index in [1.165, 1.54) is 0 Å². The molecule has 1 aromatic rings. The summed E-state index contributed by atoms with van der Waals surface area (Å²) in [6, 6.07) is 4.53. The summed E-state index contributed by atoms with van der Waals surface area (Å²) in [6.45, 7) is 8.06. The first kappa shape index (κ1) is 21.1. The Kier molecular flexibility index (Phi) is 6.53. The van der Waals surface area contributed by atoms with Crippen molar-refractivity contribution < 1.29 is 9.59 Å². The smallest absolute Gasteiger partial charge is 0.269 e. The van der Waals surface area contributed by atoms with Gasteiger partial charge < -0.3 is 20.9 Å². The van der Waals surface area contributed by atoms with E-state index in [1.54, 1.807) is 19.3 Å². The summed E-state index contributed by atoms with van der Waals surface area (Å²) in [6.07, 6.45) is 4.78. The standard InChI is InChI=1S/C22H34N6O2/c1-3-15-10-16-12-24-17(11-20(16)26-21(15)29)14-27-6-8-28(9-7-27)18-4-5-19(25-13-18)22(30)23-2/h4-5,13,15-17,20,24H,3,6-12,14H2,1-2H3,(H,23,30)(H,26,29). The van der Waals surface area contributed by atoms with Crippen molar-refractivity contribution in [1.82, 2.24) is 25.8 Å². The van der Waals surface area contributed by atoms with Gasteiger partial charge in [0.1, 0.15) is 5.69 Å². The predicted molar refractivity (Wildman–Crippen MR) is 117 cm³/mol. The number of hydrogen-bond donors (Lipinski definition) is 3. The third kappa shape index (κ3) is 4.59. The van der Waals surface area contributed by atoms with Crippen LogP contribution in [-0.4, -0.2) is 80.1 Å². The Balaban J connectivity index is 1.24. The molecule has 164 valence electrons. The van der Waals surface area contributed by atoms with Crippen LogP contribution in [0.4, 0.5) is 5.69 Å². The number of anilines is 1. The molecule has 0 aromatic carbocycles. The summed E-state index contributed by atoms with van der Waals surface area (Å²) in [5.41, 5.74) is 1.51. The number of aromatic nitrogens is 1. The van der Waals surface area contributed by atoms with Crippen LogP contribution in [0.5, 0.6) is 0 Å². The molecule has 3 aliphatic heterocycles. The average Bonchev–Trinajstić information content (AvgIpc) is 2.78. The lowest BCUT2D eigenvalue weighted by Gasteiger charge is -2.44. The number of amides is 2. The van der Waals surface area contributed by atoms with Gasteiger partial charge in [-0.3, -0.25) is 14.5 Å². The highest BCUT2D eigenvalue weighted by atomic mass is 16.2. The Morgan fingerprint density at radius 2 is 2.03 bits per heavy atom. The van der Waals surface area contributed by atoms with E-state index >= 15 is 0 Å². The van der Waals surface area contributed by atoms with E-state index in [9.17, 15) is 9.59 Å². The van der Waals surface area contributed by atoms with Crippen molar-refractivity contribution in [3.63, 3.8) is 0 Å². The van der Waals surface area contributed by atoms with E-state index in [0.29, 0.717) is 23.7 Å². The summed E-state index contributed by atoms with van der Waals surface area (Å²) in [7, 11) is 1.61. The van der Waals surface area contributed by atoms with E-state index in [1.807, 2.05) is 6.07 Å². The third-order valence-electron chi connectivity index (χ3n) is 6.98. The maximum absolute atomic E-state index is 12.2. The van der Waals surface area contributed by atoms with Crippen LogP contribution in [0.3, 0.4) is 0 Å². The minimum Gasteiger partial charge on any atom is -0.368 e. The van der Waals surface area contributed by atoms with Gasteiger partial charge in [0.05, 0.1) is 11.9 Å². The van der Waals surface area contributed by atoms with Crippen LogP contribution in [0.15, 0.2) is 18.3 Å². The summed E-state index contributed by atoms with van der Waals surface area (Å²) in [4.78, 5) is 33.0. The molecule has 4 unspecified atom stereocenters. The lowest BCUT2D eigenvalue weighted by molar-refractivity contribution is -0.130. The fraction of sp³-hybridized carbons (Fsp3) is 0.682. The van der Waals surface area contributed by atoms with E-state index < -0.39 is 0 Å².